The molecule has 0 aliphatic heterocycles. The average molecular weight is 198 g/mol. The summed E-state index contributed by atoms with van der Waals surface area (Å²) in [7, 11) is -4.89. The summed E-state index contributed by atoms with van der Waals surface area (Å²) in [6, 6.07) is 0. The van der Waals surface area contributed by atoms with Crippen LogP contribution in [0.3, 0.4) is 0 Å². The molecule has 0 aromatic rings. The van der Waals surface area contributed by atoms with E-state index in [1.165, 1.54) is 0 Å². The van der Waals surface area contributed by atoms with Gasteiger partial charge in [-0.25, -0.2) is 0 Å². The standard InChI is InChI=1S/3K.H3O3P/c;;;1-4(2)3/h;;;4H,(H2,1,2,3)/q3*+1;/p-2/i;;;4D. The van der Waals surface area contributed by atoms with Crippen LogP contribution in [0.4, 0.5) is 0 Å². The average Bonchev–Trinajstić information content (AvgIpc) is 0.722. The van der Waals surface area contributed by atoms with E-state index in [1.54, 1.807) is 0 Å². The zero-order valence-corrected chi connectivity index (χ0v) is 14.9. The molecule has 0 saturated carbocycles. The summed E-state index contributed by atoms with van der Waals surface area (Å²) in [4.78, 5) is 26.3. The fraction of sp³-hybridized carbons (Fsp3) is 0. The summed E-state index contributed by atoms with van der Waals surface area (Å²) in [5.74, 6) is 0. The molecule has 0 atom stereocenters. The SMILES string of the molecule is [2H][P+]([O-])([O-])[O-].[K+].[K+].[K+]. The van der Waals surface area contributed by atoms with E-state index in [0.29, 0.717) is 0 Å². The van der Waals surface area contributed by atoms with E-state index < -0.39 is 8.55 Å². The number of hydrogen-bond acceptors (Lipinski definition) is 3. The third-order valence-corrected chi connectivity index (χ3v) is 0. The van der Waals surface area contributed by atoms with Gasteiger partial charge in [0.05, 0.1) is 0 Å². The molecule has 0 heterocycles. The van der Waals surface area contributed by atoms with Crippen molar-refractivity contribution in [1.29, 1.82) is 1.28 Å². The van der Waals surface area contributed by atoms with Crippen molar-refractivity contribution < 1.29 is 169 Å². The van der Waals surface area contributed by atoms with E-state index in [4.69, 9.17) is 16.0 Å². The second-order valence-electron chi connectivity index (χ2n) is 0.224. The molecule has 0 spiro atoms. The zero-order valence-electron chi connectivity index (χ0n) is 5.67. The molecule has 0 fully saturated rings. The molecule has 0 amide bonds. The smallest absolute Gasteiger partial charge is 0.690 e. The van der Waals surface area contributed by atoms with Crippen LogP contribution in [-0.4, -0.2) is 1.28 Å². The summed E-state index contributed by atoms with van der Waals surface area (Å²) in [6.07, 6.45) is 0. The van der Waals surface area contributed by atoms with Crippen molar-refractivity contribution in [1.82, 2.24) is 0 Å². The van der Waals surface area contributed by atoms with Crippen LogP contribution in [0.15, 0.2) is 0 Å². The van der Waals surface area contributed by atoms with Crippen molar-refractivity contribution in [2.45, 2.75) is 0 Å². The first-order chi connectivity index (χ1) is 2.00. The Bertz CT molecular complexity index is 30.0. The third kappa shape index (κ3) is 35.0. The Hall–Kier alpha value is 5.22. The first-order valence-corrected chi connectivity index (χ1v) is 1.64. The Morgan fingerprint density at radius 2 is 1.00 bits per heavy atom. The van der Waals surface area contributed by atoms with Gasteiger partial charge in [-0.3, -0.25) is 0 Å². The molecule has 0 aliphatic rings. The van der Waals surface area contributed by atoms with Crippen LogP contribution in [0.5, 0.6) is 0 Å². The van der Waals surface area contributed by atoms with Gasteiger partial charge >= 0.3 is 154 Å². The molecule has 0 radical (unpaired) electrons. The maximum Gasteiger partial charge on any atom is 1.00 e. The molecule has 0 aliphatic carbocycles. The van der Waals surface area contributed by atoms with E-state index in [2.05, 4.69) is 0 Å². The van der Waals surface area contributed by atoms with Crippen molar-refractivity contribution in [3.8, 4) is 0 Å². The van der Waals surface area contributed by atoms with Crippen molar-refractivity contribution in [3.63, 3.8) is 0 Å². The summed E-state index contributed by atoms with van der Waals surface area (Å²) >= 11 is 0. The molecule has 0 aromatic carbocycles. The third-order valence-electron chi connectivity index (χ3n) is 0. The molecule has 3 nitrogen and oxygen atoms in total. The first-order valence-electron chi connectivity index (χ1n) is 0.995. The van der Waals surface area contributed by atoms with Gasteiger partial charge in [0.15, 0.2) is 0 Å². The quantitative estimate of drug-likeness (QED) is 0.287. The Balaban J connectivity index is -0.0000000267. The molecular weight excluding hydrogens is 196 g/mol. The monoisotopic (exact) mass is 198 g/mol. The van der Waals surface area contributed by atoms with Gasteiger partial charge in [-0.05, 0) is 0 Å². The summed E-state index contributed by atoms with van der Waals surface area (Å²) in [5.41, 5.74) is 0. The topological polar surface area (TPSA) is 69.2 Å². The van der Waals surface area contributed by atoms with Crippen LogP contribution in [0, 0.1) is 0 Å². The largest absolute Gasteiger partial charge is 1.00 e. The first kappa shape index (κ1) is 18.1. The van der Waals surface area contributed by atoms with Crippen molar-refractivity contribution >= 4 is 8.55 Å². The van der Waals surface area contributed by atoms with E-state index in [0.717, 1.165) is 0 Å². The Morgan fingerprint density at radius 1 is 1.00 bits per heavy atom. The van der Waals surface area contributed by atoms with Crippen LogP contribution in [0.1, 0.15) is 0 Å². The van der Waals surface area contributed by atoms with Crippen molar-refractivity contribution in [3.05, 3.63) is 0 Å². The molecule has 7 heavy (non-hydrogen) atoms. The minimum absolute atomic E-state index is 0. The molecule has 0 aromatic heterocycles. The number of hydrogen-bond donors (Lipinski definition) is 0. The minimum atomic E-state index is -4.89. The predicted molar refractivity (Wildman–Crippen MR) is 8.31 cm³/mol. The van der Waals surface area contributed by atoms with E-state index in [9.17, 15) is 0 Å². The maximum atomic E-state index is 8.77. The zero-order chi connectivity index (χ0) is 4.50. The Kier molecular flexibility index (Phi) is 44.8. The molecule has 0 N–H and O–H groups in total. The minimum Gasteiger partial charge on any atom is -0.690 e. The van der Waals surface area contributed by atoms with E-state index in [-0.39, 0.29) is 154 Å². The molecule has 7 heteroatoms. The van der Waals surface area contributed by atoms with Crippen molar-refractivity contribution in [2.75, 3.05) is 0 Å². The molecule has 0 saturated heterocycles. The normalized spacial score (nSPS) is 8.71. The fourth-order valence-electron chi connectivity index (χ4n) is 0. The summed E-state index contributed by atoms with van der Waals surface area (Å²) < 4.78 is 5.38. The fourth-order valence-corrected chi connectivity index (χ4v) is 0. The van der Waals surface area contributed by atoms with Crippen LogP contribution < -0.4 is 169 Å². The van der Waals surface area contributed by atoms with E-state index >= 15 is 0 Å². The number of rotatable bonds is 0. The van der Waals surface area contributed by atoms with E-state index in [1.807, 2.05) is 0 Å². The van der Waals surface area contributed by atoms with Crippen LogP contribution in [0.25, 0.3) is 0 Å². The molecule has 0 bridgehead atoms. The second kappa shape index (κ2) is 17.3. The van der Waals surface area contributed by atoms with Crippen molar-refractivity contribution in [2.24, 2.45) is 0 Å². The molecule has 26 valence electrons. The van der Waals surface area contributed by atoms with Gasteiger partial charge in [-0.2, -0.15) is 8.55 Å². The van der Waals surface area contributed by atoms with Crippen LogP contribution in [-0.2, 0) is 0 Å². The predicted octanol–water partition coefficient (Wildman–Crippen LogP) is -12.0. The van der Waals surface area contributed by atoms with Gasteiger partial charge in [0, 0.05) is 0 Å². The van der Waals surface area contributed by atoms with Gasteiger partial charge < -0.3 is 14.7 Å². The van der Waals surface area contributed by atoms with Gasteiger partial charge in [0.2, 0.25) is 1.28 Å². The van der Waals surface area contributed by atoms with Gasteiger partial charge in [-0.15, -0.1) is 0 Å². The summed E-state index contributed by atoms with van der Waals surface area (Å²) in [6.45, 7) is 0. The Labute approximate surface area is 173 Å². The van der Waals surface area contributed by atoms with Crippen LogP contribution >= 0.6 is 8.55 Å². The van der Waals surface area contributed by atoms with Gasteiger partial charge in [-0.1, -0.05) is 0 Å². The molecular formula is HK3O3P+. The molecule has 0 unspecified atom stereocenters. The molecule has 0 rings (SSSR count). The van der Waals surface area contributed by atoms with Crippen LogP contribution in [0.2, 0.25) is 0 Å². The van der Waals surface area contributed by atoms with Gasteiger partial charge in [0.1, 0.15) is 0 Å². The maximum absolute atomic E-state index is 8.77. The Morgan fingerprint density at radius 3 is 1.00 bits per heavy atom. The second-order valence-corrected chi connectivity index (χ2v) is 0.671. The van der Waals surface area contributed by atoms with Gasteiger partial charge in [0.25, 0.3) is 0 Å². The summed E-state index contributed by atoms with van der Waals surface area (Å²) in [5, 5.41) is 0.